The Labute approximate surface area is 116 Å². The Morgan fingerprint density at radius 1 is 1.15 bits per heavy atom. The van der Waals surface area contributed by atoms with E-state index in [4.69, 9.17) is 0 Å². The van der Waals surface area contributed by atoms with Crippen molar-refractivity contribution in [1.82, 2.24) is 4.98 Å². The van der Waals surface area contributed by atoms with Crippen LogP contribution in [0.25, 0.3) is 0 Å². The molecule has 3 nitrogen and oxygen atoms in total. The summed E-state index contributed by atoms with van der Waals surface area (Å²) in [5.41, 5.74) is 2.85. The van der Waals surface area contributed by atoms with Gasteiger partial charge in [0.05, 0.1) is 11.4 Å². The highest BCUT2D eigenvalue weighted by Gasteiger charge is 2.09. The molecule has 0 spiro atoms. The Bertz CT molecular complexity index is 558. The topological polar surface area (TPSA) is 34.2 Å². The number of pyridine rings is 1. The number of nitrogens with zero attached hydrogens (tertiary/aromatic N) is 1. The summed E-state index contributed by atoms with van der Waals surface area (Å²) >= 11 is 0. The zero-order valence-corrected chi connectivity index (χ0v) is 11.3. The van der Waals surface area contributed by atoms with Gasteiger partial charge in [-0.2, -0.15) is 8.78 Å². The fourth-order valence-electron chi connectivity index (χ4n) is 1.89. The fourth-order valence-corrected chi connectivity index (χ4v) is 1.89. The Morgan fingerprint density at radius 3 is 2.45 bits per heavy atom. The van der Waals surface area contributed by atoms with E-state index in [-0.39, 0.29) is 11.8 Å². The maximum Gasteiger partial charge on any atom is 0.387 e. The molecule has 0 bridgehead atoms. The first kappa shape index (κ1) is 14.2. The zero-order valence-electron chi connectivity index (χ0n) is 11.3. The third-order valence-corrected chi connectivity index (χ3v) is 2.98. The second-order valence-electron chi connectivity index (χ2n) is 4.45. The fraction of sp³-hybridized carbons (Fsp3) is 0.267. The summed E-state index contributed by atoms with van der Waals surface area (Å²) < 4.78 is 28.5. The molecule has 0 saturated heterocycles. The summed E-state index contributed by atoms with van der Waals surface area (Å²) in [4.78, 5) is 4.21. The summed E-state index contributed by atoms with van der Waals surface area (Å²) in [5.74, 6) is 0.161. The van der Waals surface area contributed by atoms with Gasteiger partial charge in [-0.1, -0.05) is 12.1 Å². The van der Waals surface area contributed by atoms with Gasteiger partial charge in [0.15, 0.2) is 0 Å². The lowest BCUT2D eigenvalue weighted by Gasteiger charge is -2.17. The second-order valence-corrected chi connectivity index (χ2v) is 4.45. The third-order valence-electron chi connectivity index (χ3n) is 2.98. The average Bonchev–Trinajstić information content (AvgIpc) is 2.41. The van der Waals surface area contributed by atoms with Gasteiger partial charge in [-0.15, -0.1) is 0 Å². The predicted octanol–water partition coefficient (Wildman–Crippen LogP) is 4.16. The predicted molar refractivity (Wildman–Crippen MR) is 74.1 cm³/mol. The summed E-state index contributed by atoms with van der Waals surface area (Å²) in [6.07, 6.45) is 1.74. The molecule has 0 amide bonds. The maximum absolute atomic E-state index is 12.1. The molecule has 0 aliphatic rings. The van der Waals surface area contributed by atoms with Crippen LogP contribution in [-0.2, 0) is 0 Å². The first-order valence-corrected chi connectivity index (χ1v) is 6.29. The largest absolute Gasteiger partial charge is 0.435 e. The molecular weight excluding hydrogens is 262 g/mol. The molecular formula is C15H16F2N2O. The Balaban J connectivity index is 2.06. The number of benzene rings is 1. The molecule has 1 aromatic carbocycles. The smallest absolute Gasteiger partial charge is 0.387 e. The number of hydrogen-bond donors (Lipinski definition) is 1. The Morgan fingerprint density at radius 2 is 1.85 bits per heavy atom. The number of aromatic nitrogens is 1. The number of halogens is 2. The van der Waals surface area contributed by atoms with Crippen LogP contribution in [0.4, 0.5) is 14.5 Å². The van der Waals surface area contributed by atoms with Crippen molar-refractivity contribution in [2.45, 2.75) is 26.5 Å². The molecule has 106 valence electrons. The first-order chi connectivity index (χ1) is 9.56. The summed E-state index contributed by atoms with van der Waals surface area (Å²) in [7, 11) is 0. The molecule has 1 N–H and O–H groups in total. The van der Waals surface area contributed by atoms with E-state index in [1.54, 1.807) is 18.3 Å². The van der Waals surface area contributed by atoms with Gasteiger partial charge in [0.2, 0.25) is 0 Å². The number of hydrogen-bond acceptors (Lipinski definition) is 3. The highest BCUT2D eigenvalue weighted by atomic mass is 19.3. The molecule has 0 fully saturated rings. The van der Waals surface area contributed by atoms with Gasteiger partial charge in [-0.05, 0) is 43.7 Å². The van der Waals surface area contributed by atoms with Crippen molar-refractivity contribution in [3.8, 4) is 5.75 Å². The Hall–Kier alpha value is -2.17. The van der Waals surface area contributed by atoms with Crippen molar-refractivity contribution in [2.75, 3.05) is 5.32 Å². The molecule has 0 radical (unpaired) electrons. The molecule has 1 aromatic heterocycles. The van der Waals surface area contributed by atoms with Crippen LogP contribution >= 0.6 is 0 Å². The van der Waals surface area contributed by atoms with Gasteiger partial charge in [-0.25, -0.2) is 0 Å². The molecule has 0 aliphatic carbocycles. The summed E-state index contributed by atoms with van der Waals surface area (Å²) in [6.45, 7) is 1.12. The number of aryl methyl sites for hydroxylation is 1. The van der Waals surface area contributed by atoms with Crippen LogP contribution in [0.5, 0.6) is 5.75 Å². The monoisotopic (exact) mass is 278 g/mol. The number of nitrogens with one attached hydrogen (secondary N) is 1. The van der Waals surface area contributed by atoms with E-state index in [0.717, 1.165) is 16.9 Å². The van der Waals surface area contributed by atoms with Crippen molar-refractivity contribution in [3.63, 3.8) is 0 Å². The standard InChI is InChI=1S/C15H16F2N2O/c1-10(19-14-4-3-9-18-11(14)2)12-5-7-13(8-6-12)20-15(16)17/h3-10,15,19H,1-2H3. The molecule has 2 aromatic rings. The molecule has 5 heteroatoms. The maximum atomic E-state index is 12.1. The van der Waals surface area contributed by atoms with Crippen molar-refractivity contribution >= 4 is 5.69 Å². The lowest BCUT2D eigenvalue weighted by atomic mass is 10.1. The molecule has 0 aliphatic heterocycles. The van der Waals surface area contributed by atoms with E-state index in [0.29, 0.717) is 0 Å². The van der Waals surface area contributed by atoms with Gasteiger partial charge >= 0.3 is 6.61 Å². The number of anilines is 1. The van der Waals surface area contributed by atoms with E-state index in [1.165, 1.54) is 12.1 Å². The van der Waals surface area contributed by atoms with Gasteiger partial charge in [0.1, 0.15) is 5.75 Å². The minimum atomic E-state index is -2.80. The van der Waals surface area contributed by atoms with Crippen LogP contribution in [0.1, 0.15) is 24.2 Å². The third kappa shape index (κ3) is 3.66. The average molecular weight is 278 g/mol. The van der Waals surface area contributed by atoms with Crippen LogP contribution in [0.15, 0.2) is 42.6 Å². The molecule has 1 unspecified atom stereocenters. The van der Waals surface area contributed by atoms with Crippen LogP contribution < -0.4 is 10.1 Å². The van der Waals surface area contributed by atoms with Crippen molar-refractivity contribution in [1.29, 1.82) is 0 Å². The van der Waals surface area contributed by atoms with E-state index in [2.05, 4.69) is 15.0 Å². The number of ether oxygens (including phenoxy) is 1. The number of rotatable bonds is 5. The molecule has 1 heterocycles. The number of alkyl halides is 2. The van der Waals surface area contributed by atoms with Crippen LogP contribution in [0.3, 0.4) is 0 Å². The van der Waals surface area contributed by atoms with Gasteiger partial charge < -0.3 is 10.1 Å². The van der Waals surface area contributed by atoms with E-state index >= 15 is 0 Å². The quantitative estimate of drug-likeness (QED) is 0.891. The van der Waals surface area contributed by atoms with Crippen molar-refractivity contribution in [2.24, 2.45) is 0 Å². The van der Waals surface area contributed by atoms with Gasteiger partial charge in [0, 0.05) is 12.2 Å². The van der Waals surface area contributed by atoms with E-state index in [9.17, 15) is 8.78 Å². The van der Waals surface area contributed by atoms with E-state index in [1.807, 2.05) is 26.0 Å². The zero-order chi connectivity index (χ0) is 14.5. The first-order valence-electron chi connectivity index (χ1n) is 6.29. The van der Waals surface area contributed by atoms with Crippen molar-refractivity contribution < 1.29 is 13.5 Å². The minimum absolute atomic E-state index is 0.0403. The summed E-state index contributed by atoms with van der Waals surface area (Å²) in [6, 6.07) is 10.5. The van der Waals surface area contributed by atoms with Gasteiger partial charge in [-0.3, -0.25) is 4.98 Å². The van der Waals surface area contributed by atoms with Crippen LogP contribution in [0, 0.1) is 6.92 Å². The highest BCUT2D eigenvalue weighted by Crippen LogP contribution is 2.23. The normalized spacial score (nSPS) is 12.2. The molecule has 1 atom stereocenters. The lowest BCUT2D eigenvalue weighted by molar-refractivity contribution is -0.0498. The van der Waals surface area contributed by atoms with E-state index < -0.39 is 6.61 Å². The molecule has 2 rings (SSSR count). The summed E-state index contributed by atoms with van der Waals surface area (Å²) in [5, 5.41) is 3.34. The Kier molecular flexibility index (Phi) is 4.50. The van der Waals surface area contributed by atoms with Crippen LogP contribution in [-0.4, -0.2) is 11.6 Å². The van der Waals surface area contributed by atoms with Crippen molar-refractivity contribution in [3.05, 3.63) is 53.9 Å². The van der Waals surface area contributed by atoms with Gasteiger partial charge in [0.25, 0.3) is 0 Å². The SMILES string of the molecule is Cc1ncccc1NC(C)c1ccc(OC(F)F)cc1. The second kappa shape index (κ2) is 6.32. The van der Waals surface area contributed by atoms with Crippen LogP contribution in [0.2, 0.25) is 0 Å². The minimum Gasteiger partial charge on any atom is -0.435 e. The lowest BCUT2D eigenvalue weighted by Crippen LogP contribution is -2.08. The molecule has 0 saturated carbocycles. The highest BCUT2D eigenvalue weighted by molar-refractivity contribution is 5.48. The molecule has 20 heavy (non-hydrogen) atoms.